The Balaban J connectivity index is 1.87. The summed E-state index contributed by atoms with van der Waals surface area (Å²) in [5, 5.41) is 16.5. The van der Waals surface area contributed by atoms with Gasteiger partial charge in [0, 0.05) is 11.9 Å². The maximum atomic E-state index is 13.0. The summed E-state index contributed by atoms with van der Waals surface area (Å²) in [6.07, 6.45) is -1.25. The molecule has 192 valence electrons. The molecule has 2 saturated heterocycles. The van der Waals surface area contributed by atoms with Crippen LogP contribution in [0.2, 0.25) is 0 Å². The summed E-state index contributed by atoms with van der Waals surface area (Å²) in [7, 11) is -5.01. The maximum Gasteiger partial charge on any atom is 0.410 e. The van der Waals surface area contributed by atoms with Crippen molar-refractivity contribution in [2.24, 2.45) is 5.16 Å². The molecule has 3 rings (SSSR count). The number of aromatic nitrogens is 1. The number of ether oxygens (including phenoxy) is 1. The van der Waals surface area contributed by atoms with Crippen LogP contribution in [0.4, 0.5) is 9.93 Å². The summed E-state index contributed by atoms with van der Waals surface area (Å²) in [6.45, 7) is 3.67. The lowest BCUT2D eigenvalue weighted by Crippen LogP contribution is -2.74. The number of carbonyl (C=O) groups is 4. The highest BCUT2D eigenvalue weighted by atomic mass is 32.2. The second kappa shape index (κ2) is 9.27. The largest absolute Gasteiger partial charge is 0.478 e. The second-order valence-corrected chi connectivity index (χ2v) is 10.3. The van der Waals surface area contributed by atoms with Gasteiger partial charge in [-0.3, -0.25) is 14.1 Å². The topological polar surface area (TPSA) is 231 Å². The van der Waals surface area contributed by atoms with E-state index in [4.69, 9.17) is 15.3 Å². The Kier molecular flexibility index (Phi) is 6.91. The molecule has 5 N–H and O–H groups in total. The first-order valence-electron chi connectivity index (χ1n) is 9.90. The monoisotopic (exact) mass is 534 g/mol. The molecule has 16 nitrogen and oxygen atoms in total. The van der Waals surface area contributed by atoms with Crippen LogP contribution in [0.15, 0.2) is 10.5 Å². The van der Waals surface area contributed by atoms with Crippen LogP contribution in [0, 0.1) is 0 Å². The summed E-state index contributed by atoms with van der Waals surface area (Å²) in [5.74, 6) is -3.63. The number of nitrogen functional groups attached to an aromatic ring is 1. The van der Waals surface area contributed by atoms with Crippen LogP contribution in [0.25, 0.3) is 0 Å². The number of hydrogen-bond acceptors (Lipinski definition) is 12. The quantitative estimate of drug-likeness (QED) is 0.125. The highest BCUT2D eigenvalue weighted by Crippen LogP contribution is 2.26. The highest BCUT2D eigenvalue weighted by molar-refractivity contribution is 7.84. The number of anilines is 1. The predicted molar refractivity (Wildman–Crippen MR) is 117 cm³/mol. The molecule has 35 heavy (non-hydrogen) atoms. The van der Waals surface area contributed by atoms with E-state index < -0.39 is 63.7 Å². The lowest BCUT2D eigenvalue weighted by molar-refractivity contribution is -0.161. The van der Waals surface area contributed by atoms with Gasteiger partial charge in [-0.2, -0.15) is 8.42 Å². The van der Waals surface area contributed by atoms with Gasteiger partial charge in [-0.25, -0.2) is 18.9 Å². The van der Waals surface area contributed by atoms with Crippen molar-refractivity contribution in [1.29, 1.82) is 0 Å². The van der Waals surface area contributed by atoms with Crippen molar-refractivity contribution in [3.05, 3.63) is 11.1 Å². The van der Waals surface area contributed by atoms with Gasteiger partial charge in [-0.1, -0.05) is 5.16 Å². The number of thiazole rings is 1. The third-order valence-corrected chi connectivity index (χ3v) is 6.63. The van der Waals surface area contributed by atoms with E-state index in [1.807, 2.05) is 0 Å². The lowest BCUT2D eigenvalue weighted by atomic mass is 9.97. The van der Waals surface area contributed by atoms with Gasteiger partial charge in [0.2, 0.25) is 5.60 Å². The van der Waals surface area contributed by atoms with E-state index in [-0.39, 0.29) is 28.2 Å². The first-order chi connectivity index (χ1) is 16.1. The number of amides is 3. The lowest BCUT2D eigenvalue weighted by Gasteiger charge is -2.45. The van der Waals surface area contributed by atoms with Crippen LogP contribution in [0.3, 0.4) is 0 Å². The van der Waals surface area contributed by atoms with Crippen molar-refractivity contribution < 1.29 is 46.8 Å². The van der Waals surface area contributed by atoms with Gasteiger partial charge in [0.25, 0.3) is 11.8 Å². The Labute approximate surface area is 202 Å². The molecule has 1 aromatic rings. The fourth-order valence-electron chi connectivity index (χ4n) is 3.19. The number of carbonyl (C=O) groups excluding carboxylic acids is 3. The molecular weight excluding hydrogens is 512 g/mol. The van der Waals surface area contributed by atoms with E-state index in [0.717, 1.165) is 16.2 Å². The van der Waals surface area contributed by atoms with Gasteiger partial charge in [0.05, 0.1) is 12.6 Å². The molecule has 3 heterocycles. The first-order valence-corrected chi connectivity index (χ1v) is 12.2. The smallest absolute Gasteiger partial charge is 0.410 e. The zero-order chi connectivity index (χ0) is 26.3. The van der Waals surface area contributed by atoms with Gasteiger partial charge in [-0.15, -0.1) is 11.3 Å². The Hall–Kier alpha value is -3.51. The summed E-state index contributed by atoms with van der Waals surface area (Å²) in [4.78, 5) is 58.8. The third-order valence-electron chi connectivity index (χ3n) is 5.01. The van der Waals surface area contributed by atoms with Crippen LogP contribution in [-0.2, 0) is 34.3 Å². The van der Waals surface area contributed by atoms with Crippen molar-refractivity contribution in [2.75, 3.05) is 18.8 Å². The van der Waals surface area contributed by atoms with Crippen molar-refractivity contribution in [3.63, 3.8) is 0 Å². The average Bonchev–Trinajstić information content (AvgIpc) is 3.29. The SMILES string of the molecule is CC1CN(CC2C(NC(=O)C(=NOC(C)(C)C(=O)O)c3csc(N)n3)C(=O)N2S(=O)(=O)O)C(=O)O1. The Morgan fingerprint density at radius 1 is 1.43 bits per heavy atom. The molecule has 0 spiro atoms. The Morgan fingerprint density at radius 3 is 2.57 bits per heavy atom. The number of carboxylic acid groups (broad SMARTS) is 1. The van der Waals surface area contributed by atoms with Crippen LogP contribution in [-0.4, -0.2) is 98.7 Å². The Morgan fingerprint density at radius 2 is 2.09 bits per heavy atom. The molecule has 3 amide bonds. The molecule has 3 unspecified atom stereocenters. The minimum Gasteiger partial charge on any atom is -0.478 e. The molecule has 18 heteroatoms. The molecule has 2 aliphatic rings. The standard InChI is InChI=1S/C17H22N6O10S2/c1-7-4-22(16(28)32-7)5-9-11(13(25)23(9)35(29,30)31)20-12(24)10(8-6-34-15(18)19-8)21-33-17(2,3)14(26)27/h6-7,9,11H,4-5H2,1-3H3,(H2,18,19)(H,20,24)(H,26,27)(H,29,30,31). The number of oxime groups is 1. The fraction of sp³-hybridized carbons (Fsp3) is 0.529. The molecule has 0 bridgehead atoms. The van der Waals surface area contributed by atoms with Crippen LogP contribution in [0.5, 0.6) is 0 Å². The van der Waals surface area contributed by atoms with Gasteiger partial charge in [-0.05, 0) is 20.8 Å². The summed E-state index contributed by atoms with van der Waals surface area (Å²) in [5.41, 5.74) is 3.11. The fourth-order valence-corrected chi connectivity index (χ4v) is 4.61. The number of nitrogens with zero attached hydrogens (tertiary/aromatic N) is 4. The van der Waals surface area contributed by atoms with E-state index in [9.17, 15) is 37.3 Å². The molecule has 1 aromatic heterocycles. The minimum atomic E-state index is -5.01. The van der Waals surface area contributed by atoms with Crippen LogP contribution >= 0.6 is 11.3 Å². The Bertz CT molecular complexity index is 1200. The van der Waals surface area contributed by atoms with E-state index in [1.165, 1.54) is 19.2 Å². The molecule has 0 aromatic carbocycles. The van der Waals surface area contributed by atoms with Crippen molar-refractivity contribution in [1.82, 2.24) is 19.5 Å². The van der Waals surface area contributed by atoms with Gasteiger partial charge >= 0.3 is 22.4 Å². The summed E-state index contributed by atoms with van der Waals surface area (Å²) < 4.78 is 38.0. The number of nitrogens with one attached hydrogen (secondary N) is 1. The predicted octanol–water partition coefficient (Wildman–Crippen LogP) is -1.35. The highest BCUT2D eigenvalue weighted by Gasteiger charge is 2.55. The number of nitrogens with two attached hydrogens (primary N) is 1. The van der Waals surface area contributed by atoms with E-state index in [0.29, 0.717) is 0 Å². The molecule has 2 aliphatic heterocycles. The minimum absolute atomic E-state index is 0.0507. The zero-order valence-corrected chi connectivity index (χ0v) is 20.2. The number of aliphatic carboxylic acids is 1. The number of cyclic esters (lactones) is 1. The third kappa shape index (κ3) is 5.43. The summed E-state index contributed by atoms with van der Waals surface area (Å²) in [6, 6.07) is -2.86. The maximum absolute atomic E-state index is 13.0. The molecule has 2 fully saturated rings. The van der Waals surface area contributed by atoms with Crippen molar-refractivity contribution in [3.8, 4) is 0 Å². The zero-order valence-electron chi connectivity index (χ0n) is 18.6. The molecule has 0 saturated carbocycles. The normalized spacial score (nSPS) is 23.1. The van der Waals surface area contributed by atoms with Gasteiger partial charge < -0.3 is 30.6 Å². The average molecular weight is 535 g/mol. The van der Waals surface area contributed by atoms with E-state index in [1.54, 1.807) is 6.92 Å². The summed E-state index contributed by atoms with van der Waals surface area (Å²) >= 11 is 0.943. The number of rotatable bonds is 9. The number of β-lactam (4-membered cyclic amide) rings is 1. The second-order valence-electron chi connectivity index (χ2n) is 8.15. The van der Waals surface area contributed by atoms with Gasteiger partial charge in [0.15, 0.2) is 10.8 Å². The molecule has 3 atom stereocenters. The van der Waals surface area contributed by atoms with E-state index in [2.05, 4.69) is 15.5 Å². The molecule has 0 aliphatic carbocycles. The number of hydrogen-bond donors (Lipinski definition) is 4. The number of carboxylic acids is 1. The van der Waals surface area contributed by atoms with Crippen molar-refractivity contribution in [2.45, 2.75) is 44.6 Å². The van der Waals surface area contributed by atoms with Gasteiger partial charge in [0.1, 0.15) is 17.8 Å². The molecule has 0 radical (unpaired) electrons. The first kappa shape index (κ1) is 26.1. The van der Waals surface area contributed by atoms with Crippen LogP contribution in [0.1, 0.15) is 26.5 Å². The molecular formula is C17H22N6O10S2. The van der Waals surface area contributed by atoms with Crippen molar-refractivity contribution >= 4 is 56.4 Å². The van der Waals surface area contributed by atoms with Crippen LogP contribution < -0.4 is 11.1 Å². The van der Waals surface area contributed by atoms with E-state index >= 15 is 0 Å².